The molecule has 2 aromatic carbocycles. The SMILES string of the molecule is CN1CC2(CCC1=O)CCN(C(=O)Nc1cccc3ccccc13)CC2. The molecule has 1 spiro atoms. The zero-order chi connectivity index (χ0) is 18.1. The molecule has 0 aromatic heterocycles. The molecule has 3 amide bonds. The first-order chi connectivity index (χ1) is 12.6. The van der Waals surface area contributed by atoms with Gasteiger partial charge in [0.05, 0.1) is 5.69 Å². The largest absolute Gasteiger partial charge is 0.345 e. The van der Waals surface area contributed by atoms with Crippen LogP contribution in [0.15, 0.2) is 42.5 Å². The maximum Gasteiger partial charge on any atom is 0.321 e. The second-order valence-electron chi connectivity index (χ2n) is 7.69. The van der Waals surface area contributed by atoms with Crippen LogP contribution < -0.4 is 5.32 Å². The molecule has 2 aromatic rings. The van der Waals surface area contributed by atoms with E-state index in [9.17, 15) is 9.59 Å². The summed E-state index contributed by atoms with van der Waals surface area (Å²) in [5.41, 5.74) is 1.05. The fraction of sp³-hybridized carbons (Fsp3) is 0.429. The van der Waals surface area contributed by atoms with Crippen LogP contribution in [0.1, 0.15) is 25.7 Å². The fourth-order valence-electron chi connectivity index (χ4n) is 4.35. The molecule has 2 fully saturated rings. The van der Waals surface area contributed by atoms with Crippen molar-refractivity contribution in [3.05, 3.63) is 42.5 Å². The van der Waals surface area contributed by atoms with Gasteiger partial charge in [-0.15, -0.1) is 0 Å². The minimum absolute atomic E-state index is 0.0311. The van der Waals surface area contributed by atoms with E-state index in [2.05, 4.69) is 17.4 Å². The Morgan fingerprint density at radius 2 is 1.77 bits per heavy atom. The van der Waals surface area contributed by atoms with Crippen molar-refractivity contribution in [2.45, 2.75) is 25.7 Å². The van der Waals surface area contributed by atoms with Crippen LogP contribution in [0.4, 0.5) is 10.5 Å². The van der Waals surface area contributed by atoms with Gasteiger partial charge in [-0.05, 0) is 36.1 Å². The number of amides is 3. The van der Waals surface area contributed by atoms with Crippen molar-refractivity contribution in [3.63, 3.8) is 0 Å². The van der Waals surface area contributed by atoms with E-state index in [0.29, 0.717) is 6.42 Å². The topological polar surface area (TPSA) is 52.7 Å². The molecule has 2 aliphatic heterocycles. The lowest BCUT2D eigenvalue weighted by molar-refractivity contribution is -0.137. The van der Waals surface area contributed by atoms with Gasteiger partial charge in [0.2, 0.25) is 5.91 Å². The van der Waals surface area contributed by atoms with Crippen LogP contribution in [0.2, 0.25) is 0 Å². The molecule has 2 aliphatic rings. The Balaban J connectivity index is 1.42. The summed E-state index contributed by atoms with van der Waals surface area (Å²) in [5, 5.41) is 5.27. The second-order valence-corrected chi connectivity index (χ2v) is 7.69. The molecular weight excluding hydrogens is 326 g/mol. The van der Waals surface area contributed by atoms with Crippen LogP contribution in [0.3, 0.4) is 0 Å². The Bertz CT molecular complexity index is 835. The van der Waals surface area contributed by atoms with Gasteiger partial charge < -0.3 is 15.1 Å². The molecule has 5 nitrogen and oxygen atoms in total. The molecular formula is C21H25N3O2. The van der Waals surface area contributed by atoms with E-state index in [0.717, 1.165) is 55.4 Å². The van der Waals surface area contributed by atoms with Crippen LogP contribution in [-0.2, 0) is 4.79 Å². The van der Waals surface area contributed by atoms with Crippen molar-refractivity contribution in [2.24, 2.45) is 5.41 Å². The van der Waals surface area contributed by atoms with Gasteiger partial charge in [0.1, 0.15) is 0 Å². The lowest BCUT2D eigenvalue weighted by Gasteiger charge is -2.46. The number of rotatable bonds is 1. The second kappa shape index (κ2) is 6.63. The van der Waals surface area contributed by atoms with E-state index < -0.39 is 0 Å². The van der Waals surface area contributed by atoms with Gasteiger partial charge in [0, 0.05) is 38.5 Å². The Hall–Kier alpha value is -2.56. The average molecular weight is 351 g/mol. The molecule has 0 bridgehead atoms. The highest BCUT2D eigenvalue weighted by Gasteiger charge is 2.40. The zero-order valence-corrected chi connectivity index (χ0v) is 15.2. The van der Waals surface area contributed by atoms with Gasteiger partial charge in [-0.25, -0.2) is 4.79 Å². The van der Waals surface area contributed by atoms with Gasteiger partial charge in [-0.2, -0.15) is 0 Å². The third-order valence-corrected chi connectivity index (χ3v) is 6.01. The molecule has 2 saturated heterocycles. The van der Waals surface area contributed by atoms with Crippen LogP contribution in [-0.4, -0.2) is 48.4 Å². The standard InChI is InChI=1S/C21H25N3O2/c1-23-15-21(10-9-19(23)25)11-13-24(14-12-21)20(26)22-18-8-4-6-16-5-2-3-7-17(16)18/h2-8H,9-15H2,1H3,(H,22,26). The molecule has 26 heavy (non-hydrogen) atoms. The molecule has 0 atom stereocenters. The van der Waals surface area contributed by atoms with Crippen LogP contribution >= 0.6 is 0 Å². The van der Waals surface area contributed by atoms with Crippen molar-refractivity contribution in [3.8, 4) is 0 Å². The Labute approximate surface area is 154 Å². The van der Waals surface area contributed by atoms with Crippen molar-refractivity contribution < 1.29 is 9.59 Å². The molecule has 1 N–H and O–H groups in total. The number of likely N-dealkylation sites (tertiary alicyclic amines) is 2. The zero-order valence-electron chi connectivity index (χ0n) is 15.2. The number of carbonyl (C=O) groups is 2. The molecule has 0 saturated carbocycles. The van der Waals surface area contributed by atoms with Crippen LogP contribution in [0.25, 0.3) is 10.8 Å². The van der Waals surface area contributed by atoms with Crippen LogP contribution in [0, 0.1) is 5.41 Å². The Kier molecular flexibility index (Phi) is 4.31. The minimum Gasteiger partial charge on any atom is -0.345 e. The highest BCUT2D eigenvalue weighted by molar-refractivity contribution is 6.01. The third kappa shape index (κ3) is 3.14. The van der Waals surface area contributed by atoms with Crippen molar-refractivity contribution >= 4 is 28.4 Å². The van der Waals surface area contributed by atoms with E-state index in [1.165, 1.54) is 0 Å². The number of nitrogens with one attached hydrogen (secondary N) is 1. The summed E-state index contributed by atoms with van der Waals surface area (Å²) in [4.78, 5) is 28.3. The van der Waals surface area contributed by atoms with Gasteiger partial charge >= 0.3 is 6.03 Å². The Morgan fingerprint density at radius 1 is 1.04 bits per heavy atom. The maximum atomic E-state index is 12.7. The van der Waals surface area contributed by atoms with E-state index in [-0.39, 0.29) is 17.4 Å². The molecule has 0 radical (unpaired) electrons. The average Bonchev–Trinajstić information content (AvgIpc) is 2.66. The molecule has 2 heterocycles. The van der Waals surface area contributed by atoms with Crippen molar-refractivity contribution in [2.75, 3.05) is 32.0 Å². The van der Waals surface area contributed by atoms with E-state index >= 15 is 0 Å². The lowest BCUT2D eigenvalue weighted by atomic mass is 9.72. The number of anilines is 1. The number of carbonyl (C=O) groups excluding carboxylic acids is 2. The van der Waals surface area contributed by atoms with E-state index in [1.807, 2.05) is 47.2 Å². The summed E-state index contributed by atoms with van der Waals surface area (Å²) in [5.74, 6) is 0.242. The lowest BCUT2D eigenvalue weighted by Crippen LogP contribution is -2.51. The molecule has 4 rings (SSSR count). The third-order valence-electron chi connectivity index (χ3n) is 6.01. The van der Waals surface area contributed by atoms with E-state index in [1.54, 1.807) is 0 Å². The number of urea groups is 1. The minimum atomic E-state index is -0.0311. The normalized spacial score (nSPS) is 19.8. The number of fused-ring (bicyclic) bond motifs is 1. The summed E-state index contributed by atoms with van der Waals surface area (Å²) >= 11 is 0. The molecule has 0 unspecified atom stereocenters. The van der Waals surface area contributed by atoms with Gasteiger partial charge in [-0.3, -0.25) is 4.79 Å². The fourth-order valence-corrected chi connectivity index (χ4v) is 4.35. The number of hydrogen-bond acceptors (Lipinski definition) is 2. The number of piperidine rings is 2. The molecule has 5 heteroatoms. The summed E-state index contributed by atoms with van der Waals surface area (Å²) in [6.45, 7) is 2.32. The highest BCUT2D eigenvalue weighted by Crippen LogP contribution is 2.39. The predicted octanol–water partition coefficient (Wildman–Crippen LogP) is 3.71. The monoisotopic (exact) mass is 351 g/mol. The summed E-state index contributed by atoms with van der Waals surface area (Å²) in [6.07, 6.45) is 3.52. The smallest absolute Gasteiger partial charge is 0.321 e. The van der Waals surface area contributed by atoms with E-state index in [4.69, 9.17) is 0 Å². The van der Waals surface area contributed by atoms with Crippen molar-refractivity contribution in [1.82, 2.24) is 9.80 Å². The molecule has 0 aliphatic carbocycles. The van der Waals surface area contributed by atoms with Gasteiger partial charge in [0.25, 0.3) is 0 Å². The van der Waals surface area contributed by atoms with Crippen LogP contribution in [0.5, 0.6) is 0 Å². The Morgan fingerprint density at radius 3 is 2.54 bits per heavy atom. The first-order valence-corrected chi connectivity index (χ1v) is 9.34. The predicted molar refractivity (Wildman–Crippen MR) is 103 cm³/mol. The number of nitrogens with zero attached hydrogens (tertiary/aromatic N) is 2. The molecule has 136 valence electrons. The number of hydrogen-bond donors (Lipinski definition) is 1. The van der Waals surface area contributed by atoms with Crippen molar-refractivity contribution in [1.29, 1.82) is 0 Å². The summed E-state index contributed by atoms with van der Waals surface area (Å²) in [7, 11) is 1.89. The van der Waals surface area contributed by atoms with Gasteiger partial charge in [-0.1, -0.05) is 36.4 Å². The number of benzene rings is 2. The van der Waals surface area contributed by atoms with Gasteiger partial charge in [0.15, 0.2) is 0 Å². The first-order valence-electron chi connectivity index (χ1n) is 9.34. The summed E-state index contributed by atoms with van der Waals surface area (Å²) < 4.78 is 0. The summed E-state index contributed by atoms with van der Waals surface area (Å²) in [6, 6.07) is 14.0. The first kappa shape index (κ1) is 16.9. The highest BCUT2D eigenvalue weighted by atomic mass is 16.2. The maximum absolute atomic E-state index is 12.7. The quantitative estimate of drug-likeness (QED) is 0.852.